The zero-order valence-corrected chi connectivity index (χ0v) is 10.6. The molecule has 0 aliphatic carbocycles. The number of likely N-dealkylation sites (tertiary alicyclic amines) is 1. The third-order valence-electron chi connectivity index (χ3n) is 3.01. The van der Waals surface area contributed by atoms with Crippen molar-refractivity contribution in [3.63, 3.8) is 0 Å². The van der Waals surface area contributed by atoms with Crippen molar-refractivity contribution in [3.8, 4) is 0 Å². The van der Waals surface area contributed by atoms with Crippen LogP contribution in [-0.4, -0.2) is 37.1 Å². The van der Waals surface area contributed by atoms with Crippen molar-refractivity contribution in [1.29, 1.82) is 0 Å². The Kier molecular flexibility index (Phi) is 5.02. The molecule has 2 N–H and O–H groups in total. The molecule has 1 aliphatic heterocycles. The lowest BCUT2D eigenvalue weighted by Crippen LogP contribution is -2.31. The monoisotopic (exact) mass is 246 g/mol. The van der Waals surface area contributed by atoms with Crippen LogP contribution in [0.3, 0.4) is 0 Å². The zero-order chi connectivity index (χ0) is 12.6. The maximum absolute atomic E-state index is 11.6. The van der Waals surface area contributed by atoms with Gasteiger partial charge in [0, 0.05) is 18.8 Å². The molecule has 0 aromatic heterocycles. The topological polar surface area (TPSA) is 44.4 Å². The Bertz CT molecular complexity index is 361. The van der Waals surface area contributed by atoms with E-state index < -0.39 is 0 Å². The lowest BCUT2D eigenvalue weighted by molar-refractivity contribution is 0.251. The Labute approximate surface area is 108 Å². The Morgan fingerprint density at radius 3 is 2.83 bits per heavy atom. The van der Waals surface area contributed by atoms with E-state index >= 15 is 0 Å². The summed E-state index contributed by atoms with van der Waals surface area (Å²) < 4.78 is 0. The number of nitrogens with zero attached hydrogens (tertiary/aromatic N) is 1. The van der Waals surface area contributed by atoms with Crippen LogP contribution >= 0.6 is 0 Å². The molecular formula is C14H20N3O. The fraction of sp³-hybridized carbons (Fsp3) is 0.429. The first-order valence-corrected chi connectivity index (χ1v) is 6.48. The predicted octanol–water partition coefficient (Wildman–Crippen LogP) is 2.11. The van der Waals surface area contributed by atoms with E-state index in [2.05, 4.69) is 22.0 Å². The Morgan fingerprint density at radius 2 is 2.11 bits per heavy atom. The molecule has 97 valence electrons. The van der Waals surface area contributed by atoms with E-state index in [1.807, 2.05) is 30.3 Å². The minimum Gasteiger partial charge on any atom is -0.338 e. The fourth-order valence-electron chi connectivity index (χ4n) is 2.04. The Morgan fingerprint density at radius 1 is 1.28 bits per heavy atom. The maximum Gasteiger partial charge on any atom is 0.319 e. The van der Waals surface area contributed by atoms with E-state index in [1.54, 1.807) is 0 Å². The van der Waals surface area contributed by atoms with Crippen LogP contribution in [0.2, 0.25) is 0 Å². The second-order valence-electron chi connectivity index (χ2n) is 4.48. The summed E-state index contributed by atoms with van der Waals surface area (Å²) in [4.78, 5) is 14.0. The molecule has 4 nitrogen and oxygen atoms in total. The minimum absolute atomic E-state index is 0.130. The first-order valence-electron chi connectivity index (χ1n) is 6.48. The summed E-state index contributed by atoms with van der Waals surface area (Å²) in [6.07, 6.45) is 4.49. The Hall–Kier alpha value is -1.55. The van der Waals surface area contributed by atoms with Crippen molar-refractivity contribution in [2.75, 3.05) is 31.5 Å². The quantitative estimate of drug-likeness (QED) is 0.782. The number of amides is 2. The smallest absolute Gasteiger partial charge is 0.319 e. The number of para-hydroxylation sites is 1. The van der Waals surface area contributed by atoms with Crippen LogP contribution in [-0.2, 0) is 0 Å². The van der Waals surface area contributed by atoms with E-state index in [9.17, 15) is 4.79 Å². The van der Waals surface area contributed by atoms with Crippen molar-refractivity contribution in [2.45, 2.75) is 12.8 Å². The van der Waals surface area contributed by atoms with Gasteiger partial charge in [0.1, 0.15) is 0 Å². The first kappa shape index (κ1) is 12.9. The summed E-state index contributed by atoms with van der Waals surface area (Å²) in [5, 5.41) is 5.67. The van der Waals surface area contributed by atoms with Crippen LogP contribution in [0, 0.1) is 6.42 Å². The summed E-state index contributed by atoms with van der Waals surface area (Å²) in [5.41, 5.74) is 0.823. The highest BCUT2D eigenvalue weighted by atomic mass is 16.2. The fourth-order valence-corrected chi connectivity index (χ4v) is 2.04. The van der Waals surface area contributed by atoms with Crippen molar-refractivity contribution in [2.24, 2.45) is 0 Å². The molecule has 2 rings (SSSR count). The van der Waals surface area contributed by atoms with Gasteiger partial charge in [-0.1, -0.05) is 18.2 Å². The average molecular weight is 246 g/mol. The van der Waals surface area contributed by atoms with Crippen molar-refractivity contribution in [1.82, 2.24) is 10.2 Å². The van der Waals surface area contributed by atoms with Gasteiger partial charge < -0.3 is 15.5 Å². The molecule has 2 amide bonds. The van der Waals surface area contributed by atoms with Crippen LogP contribution in [0.5, 0.6) is 0 Å². The highest BCUT2D eigenvalue weighted by Gasteiger charge is 2.10. The van der Waals surface area contributed by atoms with Gasteiger partial charge in [0.15, 0.2) is 0 Å². The lowest BCUT2D eigenvalue weighted by Gasteiger charge is -2.14. The van der Waals surface area contributed by atoms with Gasteiger partial charge in [-0.15, -0.1) is 0 Å². The number of anilines is 1. The van der Waals surface area contributed by atoms with Gasteiger partial charge in [-0.05, 0) is 44.5 Å². The molecule has 0 unspecified atom stereocenters. The van der Waals surface area contributed by atoms with Gasteiger partial charge in [0.05, 0.1) is 0 Å². The normalized spacial score (nSPS) is 15.6. The van der Waals surface area contributed by atoms with Gasteiger partial charge >= 0.3 is 6.03 Å². The summed E-state index contributed by atoms with van der Waals surface area (Å²) in [7, 11) is 0. The standard InChI is InChI=1S/C14H20N3O/c18-14(16-13-7-2-1-3-8-13)15-9-6-12-17-10-4-5-11-17/h1-4,7-8H,5-6,9-12H2,(H2,15,16,18). The molecule has 1 aromatic rings. The number of urea groups is 1. The number of hydrogen-bond donors (Lipinski definition) is 2. The number of rotatable bonds is 5. The van der Waals surface area contributed by atoms with Gasteiger partial charge in [0.25, 0.3) is 0 Å². The van der Waals surface area contributed by atoms with Crippen molar-refractivity contribution in [3.05, 3.63) is 36.8 Å². The van der Waals surface area contributed by atoms with Crippen LogP contribution < -0.4 is 10.6 Å². The number of carbonyl (C=O) groups excluding carboxylic acids is 1. The number of carbonyl (C=O) groups is 1. The van der Waals surface area contributed by atoms with E-state index in [0.717, 1.165) is 38.3 Å². The molecule has 1 aliphatic rings. The van der Waals surface area contributed by atoms with Crippen LogP contribution in [0.1, 0.15) is 12.8 Å². The molecule has 0 bridgehead atoms. The first-order chi connectivity index (χ1) is 8.84. The maximum atomic E-state index is 11.6. The Balaban J connectivity index is 1.57. The minimum atomic E-state index is -0.130. The molecule has 0 atom stereocenters. The van der Waals surface area contributed by atoms with Crippen LogP contribution in [0.4, 0.5) is 10.5 Å². The second kappa shape index (κ2) is 7.01. The summed E-state index contributed by atoms with van der Waals surface area (Å²) >= 11 is 0. The van der Waals surface area contributed by atoms with E-state index in [4.69, 9.17) is 0 Å². The third kappa shape index (κ3) is 4.37. The number of hydrogen-bond acceptors (Lipinski definition) is 2. The molecule has 18 heavy (non-hydrogen) atoms. The second-order valence-corrected chi connectivity index (χ2v) is 4.48. The lowest BCUT2D eigenvalue weighted by atomic mass is 10.3. The largest absolute Gasteiger partial charge is 0.338 e. The molecule has 1 fully saturated rings. The third-order valence-corrected chi connectivity index (χ3v) is 3.01. The van der Waals surface area contributed by atoms with Gasteiger partial charge in [0.2, 0.25) is 0 Å². The highest BCUT2D eigenvalue weighted by molar-refractivity contribution is 5.89. The molecule has 1 saturated heterocycles. The average Bonchev–Trinajstić information content (AvgIpc) is 2.89. The van der Waals surface area contributed by atoms with Crippen LogP contribution in [0.15, 0.2) is 30.3 Å². The molecule has 0 spiro atoms. The highest BCUT2D eigenvalue weighted by Crippen LogP contribution is 2.06. The van der Waals surface area contributed by atoms with Gasteiger partial charge in [-0.25, -0.2) is 4.79 Å². The van der Waals surface area contributed by atoms with E-state index in [1.165, 1.54) is 6.42 Å². The van der Waals surface area contributed by atoms with Crippen molar-refractivity contribution < 1.29 is 4.79 Å². The molecule has 1 radical (unpaired) electrons. The van der Waals surface area contributed by atoms with Crippen LogP contribution in [0.25, 0.3) is 0 Å². The van der Waals surface area contributed by atoms with Gasteiger partial charge in [-0.2, -0.15) is 0 Å². The zero-order valence-electron chi connectivity index (χ0n) is 10.6. The molecule has 1 heterocycles. The molecule has 0 saturated carbocycles. The van der Waals surface area contributed by atoms with Gasteiger partial charge in [-0.3, -0.25) is 0 Å². The van der Waals surface area contributed by atoms with E-state index in [0.29, 0.717) is 0 Å². The van der Waals surface area contributed by atoms with E-state index in [-0.39, 0.29) is 6.03 Å². The molecule has 4 heteroatoms. The number of benzene rings is 1. The molecule has 1 aromatic carbocycles. The number of nitrogens with one attached hydrogen (secondary N) is 2. The SMILES string of the molecule is O=C(NCCCN1C[CH]CC1)Nc1ccccc1. The summed E-state index contributed by atoms with van der Waals surface area (Å²) in [6.45, 7) is 4.03. The van der Waals surface area contributed by atoms with Crippen molar-refractivity contribution >= 4 is 11.7 Å². The predicted molar refractivity (Wildman–Crippen MR) is 73.4 cm³/mol. The summed E-state index contributed by atoms with van der Waals surface area (Å²) in [6, 6.07) is 9.35. The summed E-state index contributed by atoms with van der Waals surface area (Å²) in [5.74, 6) is 0. The molecular weight excluding hydrogens is 226 g/mol.